The fourth-order valence-electron chi connectivity index (χ4n) is 1.93. The van der Waals surface area contributed by atoms with Gasteiger partial charge in [-0.2, -0.15) is 0 Å². The summed E-state index contributed by atoms with van der Waals surface area (Å²) in [4.78, 5) is 15.8. The Morgan fingerprint density at radius 2 is 1.72 bits per heavy atom. The molecule has 0 unspecified atom stereocenters. The summed E-state index contributed by atoms with van der Waals surface area (Å²) < 4.78 is 26.1. The van der Waals surface area contributed by atoms with Gasteiger partial charge in [0, 0.05) is 37.9 Å². The smallest absolute Gasteiger partial charge is 0.256 e. The number of nitrogen functional groups attached to an aromatic ring is 1. The average molecular weight is 255 g/mol. The quantitative estimate of drug-likeness (QED) is 0.760. The highest BCUT2D eigenvalue weighted by Crippen LogP contribution is 2.19. The molecule has 0 spiro atoms. The first kappa shape index (κ1) is 12.8. The highest BCUT2D eigenvalue weighted by Gasteiger charge is 2.23. The number of hydrogen-bond donors (Lipinski definition) is 1. The second-order valence-electron chi connectivity index (χ2n) is 4.45. The molecule has 1 aromatic rings. The van der Waals surface area contributed by atoms with E-state index < -0.39 is 11.6 Å². The molecule has 98 valence electrons. The molecule has 0 bridgehead atoms. The molecule has 0 atom stereocenters. The van der Waals surface area contributed by atoms with Crippen LogP contribution in [0.25, 0.3) is 0 Å². The number of amides is 1. The van der Waals surface area contributed by atoms with E-state index in [4.69, 9.17) is 5.73 Å². The number of halogens is 2. The van der Waals surface area contributed by atoms with Crippen LogP contribution in [0.15, 0.2) is 12.1 Å². The minimum atomic E-state index is -1.05. The van der Waals surface area contributed by atoms with Crippen LogP contribution in [0.3, 0.4) is 0 Å². The fourth-order valence-corrected chi connectivity index (χ4v) is 1.93. The van der Waals surface area contributed by atoms with Gasteiger partial charge in [0.25, 0.3) is 5.91 Å². The number of piperazine rings is 1. The maximum atomic E-state index is 13.1. The highest BCUT2D eigenvalue weighted by molar-refractivity contribution is 5.99. The monoisotopic (exact) mass is 255 g/mol. The molecule has 1 saturated heterocycles. The first-order valence-corrected chi connectivity index (χ1v) is 5.71. The van der Waals surface area contributed by atoms with Crippen molar-refractivity contribution in [3.8, 4) is 0 Å². The van der Waals surface area contributed by atoms with Gasteiger partial charge in [0.15, 0.2) is 11.6 Å². The standard InChI is InChI=1S/C12H15F2N3O/c1-16-2-4-17(5-3-16)12(18)8-6-9(13)10(14)7-11(8)15/h6-7H,2-5,15H2,1H3. The van der Waals surface area contributed by atoms with E-state index in [0.717, 1.165) is 25.2 Å². The zero-order chi connectivity index (χ0) is 13.3. The summed E-state index contributed by atoms with van der Waals surface area (Å²) in [6.45, 7) is 2.65. The topological polar surface area (TPSA) is 49.6 Å². The van der Waals surface area contributed by atoms with Crippen LogP contribution in [0.2, 0.25) is 0 Å². The maximum Gasteiger partial charge on any atom is 0.256 e. The predicted octanol–water partition coefficient (Wildman–Crippen LogP) is 0.935. The van der Waals surface area contributed by atoms with Crippen molar-refractivity contribution >= 4 is 11.6 Å². The van der Waals surface area contributed by atoms with Crippen molar-refractivity contribution in [2.24, 2.45) is 0 Å². The number of likely N-dealkylation sites (N-methyl/N-ethyl adjacent to an activating group) is 1. The molecule has 2 rings (SSSR count). The van der Waals surface area contributed by atoms with Gasteiger partial charge in [0.05, 0.1) is 5.56 Å². The molecule has 1 amide bonds. The van der Waals surface area contributed by atoms with E-state index >= 15 is 0 Å². The average Bonchev–Trinajstić information content (AvgIpc) is 2.34. The van der Waals surface area contributed by atoms with Gasteiger partial charge in [-0.1, -0.05) is 0 Å². The van der Waals surface area contributed by atoms with E-state index in [1.165, 1.54) is 0 Å². The normalized spacial score (nSPS) is 16.9. The van der Waals surface area contributed by atoms with Gasteiger partial charge in [0.1, 0.15) is 0 Å². The summed E-state index contributed by atoms with van der Waals surface area (Å²) in [5.74, 6) is -2.44. The van der Waals surface area contributed by atoms with Gasteiger partial charge >= 0.3 is 0 Å². The molecule has 0 saturated carbocycles. The number of carbonyl (C=O) groups excluding carboxylic acids is 1. The Morgan fingerprint density at radius 3 is 2.33 bits per heavy atom. The second kappa shape index (κ2) is 4.89. The lowest BCUT2D eigenvalue weighted by Crippen LogP contribution is -2.47. The van der Waals surface area contributed by atoms with Gasteiger partial charge in [0.2, 0.25) is 0 Å². The maximum absolute atomic E-state index is 13.1. The molecule has 1 aromatic carbocycles. The lowest BCUT2D eigenvalue weighted by atomic mass is 10.1. The summed E-state index contributed by atoms with van der Waals surface area (Å²) in [5, 5.41) is 0. The first-order valence-electron chi connectivity index (χ1n) is 5.71. The van der Waals surface area contributed by atoms with Crippen molar-refractivity contribution < 1.29 is 13.6 Å². The summed E-state index contributed by atoms with van der Waals surface area (Å²) in [6, 6.07) is 1.71. The van der Waals surface area contributed by atoms with Crippen molar-refractivity contribution in [2.75, 3.05) is 39.0 Å². The molecule has 2 N–H and O–H groups in total. The van der Waals surface area contributed by atoms with Gasteiger partial charge in [-0.05, 0) is 13.1 Å². The van der Waals surface area contributed by atoms with Gasteiger partial charge in [-0.15, -0.1) is 0 Å². The Hall–Kier alpha value is -1.69. The molecule has 1 aliphatic rings. The predicted molar refractivity (Wildman–Crippen MR) is 64.2 cm³/mol. The number of nitrogens with two attached hydrogens (primary N) is 1. The molecular weight excluding hydrogens is 240 g/mol. The molecule has 1 heterocycles. The number of hydrogen-bond acceptors (Lipinski definition) is 3. The van der Waals surface area contributed by atoms with E-state index in [0.29, 0.717) is 13.1 Å². The van der Waals surface area contributed by atoms with Crippen LogP contribution in [0.1, 0.15) is 10.4 Å². The van der Waals surface area contributed by atoms with Crippen LogP contribution in [-0.4, -0.2) is 48.9 Å². The number of rotatable bonds is 1. The fraction of sp³-hybridized carbons (Fsp3) is 0.417. The molecule has 1 fully saturated rings. The van der Waals surface area contributed by atoms with Crippen molar-refractivity contribution in [1.29, 1.82) is 0 Å². The molecule has 0 radical (unpaired) electrons. The molecular formula is C12H15F2N3O. The van der Waals surface area contributed by atoms with E-state index in [1.807, 2.05) is 7.05 Å². The largest absolute Gasteiger partial charge is 0.398 e. The van der Waals surface area contributed by atoms with E-state index in [9.17, 15) is 13.6 Å². The van der Waals surface area contributed by atoms with E-state index in [1.54, 1.807) is 4.90 Å². The SMILES string of the molecule is CN1CCN(C(=O)c2cc(F)c(F)cc2N)CC1. The van der Waals surface area contributed by atoms with Crippen LogP contribution < -0.4 is 5.73 Å². The Balaban J connectivity index is 2.21. The number of nitrogens with zero attached hydrogens (tertiary/aromatic N) is 2. The number of carbonyl (C=O) groups is 1. The van der Waals surface area contributed by atoms with E-state index in [2.05, 4.69) is 4.90 Å². The van der Waals surface area contributed by atoms with Crippen molar-refractivity contribution in [3.05, 3.63) is 29.3 Å². The first-order chi connectivity index (χ1) is 8.49. The minimum Gasteiger partial charge on any atom is -0.398 e. The lowest BCUT2D eigenvalue weighted by molar-refractivity contribution is 0.0664. The summed E-state index contributed by atoms with van der Waals surface area (Å²) in [6.07, 6.45) is 0. The van der Waals surface area contributed by atoms with Gasteiger partial charge in [-0.3, -0.25) is 4.79 Å². The Bertz CT molecular complexity index is 471. The Morgan fingerprint density at radius 1 is 1.17 bits per heavy atom. The van der Waals surface area contributed by atoms with Crippen LogP contribution in [0.4, 0.5) is 14.5 Å². The van der Waals surface area contributed by atoms with Crippen molar-refractivity contribution in [2.45, 2.75) is 0 Å². The molecule has 6 heteroatoms. The minimum absolute atomic E-state index is 0.0263. The molecule has 4 nitrogen and oxygen atoms in total. The Labute approximate surface area is 104 Å². The highest BCUT2D eigenvalue weighted by atomic mass is 19.2. The molecule has 18 heavy (non-hydrogen) atoms. The van der Waals surface area contributed by atoms with Crippen LogP contribution >= 0.6 is 0 Å². The van der Waals surface area contributed by atoms with Crippen LogP contribution in [-0.2, 0) is 0 Å². The third-order valence-corrected chi connectivity index (χ3v) is 3.11. The van der Waals surface area contributed by atoms with Gasteiger partial charge < -0.3 is 15.5 Å². The van der Waals surface area contributed by atoms with Crippen LogP contribution in [0, 0.1) is 11.6 Å². The third-order valence-electron chi connectivity index (χ3n) is 3.11. The van der Waals surface area contributed by atoms with Crippen molar-refractivity contribution in [3.63, 3.8) is 0 Å². The lowest BCUT2D eigenvalue weighted by Gasteiger charge is -2.32. The summed E-state index contributed by atoms with van der Waals surface area (Å²) >= 11 is 0. The molecule has 1 aliphatic heterocycles. The zero-order valence-electron chi connectivity index (χ0n) is 10.1. The summed E-state index contributed by atoms with van der Waals surface area (Å²) in [5.41, 5.74) is 5.56. The number of anilines is 1. The van der Waals surface area contributed by atoms with E-state index in [-0.39, 0.29) is 17.2 Å². The third kappa shape index (κ3) is 2.43. The van der Waals surface area contributed by atoms with Crippen molar-refractivity contribution in [1.82, 2.24) is 9.80 Å². The molecule has 0 aliphatic carbocycles. The number of benzene rings is 1. The zero-order valence-corrected chi connectivity index (χ0v) is 10.1. The Kier molecular flexibility index (Phi) is 3.47. The second-order valence-corrected chi connectivity index (χ2v) is 4.45. The molecule has 0 aromatic heterocycles. The summed E-state index contributed by atoms with van der Waals surface area (Å²) in [7, 11) is 1.97. The van der Waals surface area contributed by atoms with Gasteiger partial charge in [-0.25, -0.2) is 8.78 Å². The van der Waals surface area contributed by atoms with Crippen LogP contribution in [0.5, 0.6) is 0 Å².